The van der Waals surface area contributed by atoms with Gasteiger partial charge in [-0.1, -0.05) is 6.07 Å². The van der Waals surface area contributed by atoms with Gasteiger partial charge in [0.1, 0.15) is 5.69 Å². The van der Waals surface area contributed by atoms with Crippen LogP contribution < -0.4 is 0 Å². The van der Waals surface area contributed by atoms with Gasteiger partial charge in [0.25, 0.3) is 0 Å². The van der Waals surface area contributed by atoms with E-state index in [0.29, 0.717) is 24.3 Å². The average Bonchev–Trinajstić information content (AvgIpc) is 2.98. The van der Waals surface area contributed by atoms with Crippen LogP contribution in [-0.2, 0) is 22.3 Å². The molecule has 0 saturated heterocycles. The number of rotatable bonds is 3. The highest BCUT2D eigenvalue weighted by molar-refractivity contribution is 5.93. The van der Waals surface area contributed by atoms with Crippen molar-refractivity contribution in [3.8, 4) is 11.3 Å². The molecule has 0 radical (unpaired) electrons. The van der Waals surface area contributed by atoms with Crippen molar-refractivity contribution in [3.05, 3.63) is 40.6 Å². The SMILES string of the molecule is CCOC(=O)c1[nH]nc2c1CCc1cc(C(=O)OC)ccc1-2. The van der Waals surface area contributed by atoms with Gasteiger partial charge in [-0.15, -0.1) is 0 Å². The third-order valence-electron chi connectivity index (χ3n) is 3.77. The second-order valence-corrected chi connectivity index (χ2v) is 5.01. The lowest BCUT2D eigenvalue weighted by Crippen LogP contribution is -2.11. The number of benzene rings is 1. The molecular formula is C16H16N2O4. The van der Waals surface area contributed by atoms with Gasteiger partial charge in [-0.2, -0.15) is 5.10 Å². The van der Waals surface area contributed by atoms with Crippen LogP contribution in [0.5, 0.6) is 0 Å². The number of hydrogen-bond acceptors (Lipinski definition) is 5. The fourth-order valence-electron chi connectivity index (χ4n) is 2.74. The molecule has 1 aliphatic carbocycles. The van der Waals surface area contributed by atoms with Crippen molar-refractivity contribution in [2.75, 3.05) is 13.7 Å². The summed E-state index contributed by atoms with van der Waals surface area (Å²) in [4.78, 5) is 23.5. The van der Waals surface area contributed by atoms with Gasteiger partial charge >= 0.3 is 11.9 Å². The second kappa shape index (κ2) is 5.63. The third kappa shape index (κ3) is 2.26. The molecule has 0 spiro atoms. The van der Waals surface area contributed by atoms with Crippen LogP contribution in [0.15, 0.2) is 18.2 Å². The van der Waals surface area contributed by atoms with Crippen LogP contribution in [0.4, 0.5) is 0 Å². The summed E-state index contributed by atoms with van der Waals surface area (Å²) in [6.45, 7) is 2.09. The molecule has 6 heteroatoms. The summed E-state index contributed by atoms with van der Waals surface area (Å²) in [5.74, 6) is -0.742. The molecule has 0 fully saturated rings. The van der Waals surface area contributed by atoms with Gasteiger partial charge in [0.15, 0.2) is 0 Å². The number of carbonyl (C=O) groups excluding carboxylic acids is 2. The molecule has 1 aromatic heterocycles. The number of methoxy groups -OCH3 is 1. The minimum absolute atomic E-state index is 0.325. The molecule has 1 heterocycles. The molecule has 3 rings (SSSR count). The Kier molecular flexibility index (Phi) is 3.66. The first-order chi connectivity index (χ1) is 10.7. The molecular weight excluding hydrogens is 284 g/mol. The maximum Gasteiger partial charge on any atom is 0.356 e. The Labute approximate surface area is 127 Å². The zero-order valence-corrected chi connectivity index (χ0v) is 12.4. The monoisotopic (exact) mass is 300 g/mol. The van der Waals surface area contributed by atoms with Crippen molar-refractivity contribution in [3.63, 3.8) is 0 Å². The lowest BCUT2D eigenvalue weighted by atomic mass is 9.88. The zero-order valence-electron chi connectivity index (χ0n) is 12.4. The molecule has 6 nitrogen and oxygen atoms in total. The van der Waals surface area contributed by atoms with Crippen LogP contribution >= 0.6 is 0 Å². The largest absolute Gasteiger partial charge is 0.465 e. The summed E-state index contributed by atoms with van der Waals surface area (Å²) < 4.78 is 9.77. The van der Waals surface area contributed by atoms with Crippen molar-refractivity contribution in [1.29, 1.82) is 0 Å². The first kappa shape index (κ1) is 14.3. The van der Waals surface area contributed by atoms with Crippen LogP contribution in [0.25, 0.3) is 11.3 Å². The highest BCUT2D eigenvalue weighted by atomic mass is 16.5. The molecule has 0 saturated carbocycles. The number of nitrogens with one attached hydrogen (secondary N) is 1. The molecule has 1 N–H and O–H groups in total. The quantitative estimate of drug-likeness (QED) is 0.878. The summed E-state index contributed by atoms with van der Waals surface area (Å²) in [5.41, 5.74) is 4.51. The van der Waals surface area contributed by atoms with E-state index in [1.54, 1.807) is 13.0 Å². The van der Waals surface area contributed by atoms with Crippen LogP contribution in [-0.4, -0.2) is 35.9 Å². The molecule has 22 heavy (non-hydrogen) atoms. The second-order valence-electron chi connectivity index (χ2n) is 5.01. The van der Waals surface area contributed by atoms with E-state index in [-0.39, 0.29) is 11.9 Å². The summed E-state index contributed by atoms with van der Waals surface area (Å²) in [5, 5.41) is 7.03. The molecule has 0 aliphatic heterocycles. The number of nitrogens with zero attached hydrogens (tertiary/aromatic N) is 1. The lowest BCUT2D eigenvalue weighted by molar-refractivity contribution is 0.0517. The Morgan fingerprint density at radius 1 is 1.27 bits per heavy atom. The lowest BCUT2D eigenvalue weighted by Gasteiger charge is -2.16. The molecule has 2 aromatic rings. The van der Waals surface area contributed by atoms with Gasteiger partial charge in [0.2, 0.25) is 0 Å². The zero-order chi connectivity index (χ0) is 15.7. The first-order valence-electron chi connectivity index (χ1n) is 7.11. The van der Waals surface area contributed by atoms with E-state index in [0.717, 1.165) is 28.8 Å². The minimum Gasteiger partial charge on any atom is -0.465 e. The van der Waals surface area contributed by atoms with Crippen molar-refractivity contribution in [1.82, 2.24) is 10.2 Å². The highest BCUT2D eigenvalue weighted by Crippen LogP contribution is 2.34. The first-order valence-corrected chi connectivity index (χ1v) is 7.11. The van der Waals surface area contributed by atoms with Crippen molar-refractivity contribution < 1.29 is 19.1 Å². The van der Waals surface area contributed by atoms with Crippen molar-refractivity contribution in [2.24, 2.45) is 0 Å². The van der Waals surface area contributed by atoms with Gasteiger partial charge in [-0.05, 0) is 37.5 Å². The molecule has 0 atom stereocenters. The fraction of sp³-hybridized carbons (Fsp3) is 0.312. The number of hydrogen-bond donors (Lipinski definition) is 1. The number of H-pyrrole nitrogens is 1. The van der Waals surface area contributed by atoms with Gasteiger partial charge in [0, 0.05) is 11.1 Å². The Balaban J connectivity index is 2.01. The maximum absolute atomic E-state index is 11.9. The Morgan fingerprint density at radius 3 is 2.82 bits per heavy atom. The summed E-state index contributed by atoms with van der Waals surface area (Å²) in [6, 6.07) is 5.37. The summed E-state index contributed by atoms with van der Waals surface area (Å²) >= 11 is 0. The minimum atomic E-state index is -0.383. The topological polar surface area (TPSA) is 81.3 Å². The summed E-state index contributed by atoms with van der Waals surface area (Å²) in [6.07, 6.45) is 1.41. The van der Waals surface area contributed by atoms with E-state index in [1.807, 2.05) is 12.1 Å². The van der Waals surface area contributed by atoms with E-state index in [4.69, 9.17) is 9.47 Å². The fourth-order valence-corrected chi connectivity index (χ4v) is 2.74. The van der Waals surface area contributed by atoms with E-state index in [1.165, 1.54) is 7.11 Å². The molecule has 0 amide bonds. The van der Waals surface area contributed by atoms with Gasteiger partial charge in [0.05, 0.1) is 25.0 Å². The van der Waals surface area contributed by atoms with Gasteiger partial charge in [-0.25, -0.2) is 9.59 Å². The van der Waals surface area contributed by atoms with Crippen LogP contribution in [0.3, 0.4) is 0 Å². The predicted molar refractivity (Wildman–Crippen MR) is 78.7 cm³/mol. The Hall–Kier alpha value is -2.63. The predicted octanol–water partition coefficient (Wildman–Crippen LogP) is 2.14. The van der Waals surface area contributed by atoms with Crippen molar-refractivity contribution >= 4 is 11.9 Å². The number of carbonyl (C=O) groups is 2. The maximum atomic E-state index is 11.9. The van der Waals surface area contributed by atoms with E-state index in [2.05, 4.69) is 10.2 Å². The smallest absolute Gasteiger partial charge is 0.356 e. The Morgan fingerprint density at radius 2 is 2.09 bits per heavy atom. The molecule has 1 aromatic carbocycles. The van der Waals surface area contributed by atoms with Crippen LogP contribution in [0.2, 0.25) is 0 Å². The number of ether oxygens (including phenoxy) is 2. The van der Waals surface area contributed by atoms with Crippen molar-refractivity contribution in [2.45, 2.75) is 19.8 Å². The van der Waals surface area contributed by atoms with Gasteiger partial charge < -0.3 is 9.47 Å². The standard InChI is InChI=1S/C16H16N2O4/c1-3-22-16(20)14-12-7-4-9-8-10(15(19)21-2)5-6-11(9)13(12)17-18-14/h5-6,8H,3-4,7H2,1-2H3,(H,17,18). The number of aromatic nitrogens is 2. The van der Waals surface area contributed by atoms with E-state index < -0.39 is 0 Å². The number of esters is 2. The Bertz CT molecular complexity index is 749. The van der Waals surface area contributed by atoms with E-state index >= 15 is 0 Å². The van der Waals surface area contributed by atoms with Gasteiger partial charge in [-0.3, -0.25) is 5.10 Å². The molecule has 0 unspecified atom stereocenters. The molecule has 0 bridgehead atoms. The molecule has 114 valence electrons. The van der Waals surface area contributed by atoms with E-state index in [9.17, 15) is 9.59 Å². The number of fused-ring (bicyclic) bond motifs is 3. The average molecular weight is 300 g/mol. The van der Waals surface area contributed by atoms with Crippen LogP contribution in [0.1, 0.15) is 38.9 Å². The highest BCUT2D eigenvalue weighted by Gasteiger charge is 2.26. The normalized spacial score (nSPS) is 12.3. The number of aryl methyl sites for hydroxylation is 1. The molecule has 1 aliphatic rings. The number of aromatic amines is 1. The third-order valence-corrected chi connectivity index (χ3v) is 3.77. The van der Waals surface area contributed by atoms with Crippen LogP contribution in [0, 0.1) is 0 Å². The summed E-state index contributed by atoms with van der Waals surface area (Å²) in [7, 11) is 1.36.